The first kappa shape index (κ1) is 15.2. The van der Waals surface area contributed by atoms with Crippen LogP contribution in [0.2, 0.25) is 0 Å². The molecule has 5 heteroatoms. The van der Waals surface area contributed by atoms with Gasteiger partial charge in [-0.2, -0.15) is 12.6 Å². The van der Waals surface area contributed by atoms with Gasteiger partial charge in [-0.05, 0) is 30.7 Å². The number of thiol groups is 1. The fraction of sp³-hybridized carbons (Fsp3) is 0.600. The summed E-state index contributed by atoms with van der Waals surface area (Å²) >= 11 is 4.21. The molecule has 0 saturated heterocycles. The van der Waals surface area contributed by atoms with E-state index < -0.39 is 0 Å². The molecular formula is C15H22N2O2S. The molecule has 2 heterocycles. The van der Waals surface area contributed by atoms with Crippen molar-refractivity contribution in [3.05, 3.63) is 28.9 Å². The van der Waals surface area contributed by atoms with Crippen LogP contribution >= 0.6 is 12.6 Å². The first-order valence-electron chi connectivity index (χ1n) is 7.38. The van der Waals surface area contributed by atoms with Gasteiger partial charge in [0, 0.05) is 12.7 Å². The minimum Gasteiger partial charge on any atom is -0.406 e. The van der Waals surface area contributed by atoms with Crippen molar-refractivity contribution in [3.8, 4) is 0 Å². The number of pyridine rings is 1. The first-order valence-corrected chi connectivity index (χ1v) is 8.01. The fourth-order valence-corrected chi connectivity index (χ4v) is 2.59. The van der Waals surface area contributed by atoms with Gasteiger partial charge in [-0.25, -0.2) is 9.78 Å². The molecule has 0 aliphatic heterocycles. The van der Waals surface area contributed by atoms with E-state index in [0.29, 0.717) is 17.8 Å². The molecule has 0 fully saturated rings. The maximum Gasteiger partial charge on any atom is 0.421 e. The molecule has 2 rings (SSSR count). The SMILES string of the molecule is O=c1oc2cccnc2n1CCCCCCCCCS. The molecule has 0 N–H and O–H groups in total. The highest BCUT2D eigenvalue weighted by molar-refractivity contribution is 7.80. The van der Waals surface area contributed by atoms with Gasteiger partial charge < -0.3 is 4.42 Å². The van der Waals surface area contributed by atoms with E-state index in [2.05, 4.69) is 17.6 Å². The van der Waals surface area contributed by atoms with E-state index in [9.17, 15) is 4.79 Å². The summed E-state index contributed by atoms with van der Waals surface area (Å²) in [6, 6.07) is 3.56. The second-order valence-corrected chi connectivity index (χ2v) is 5.49. The van der Waals surface area contributed by atoms with Crippen LogP contribution in [0.25, 0.3) is 11.2 Å². The monoisotopic (exact) mass is 294 g/mol. The van der Waals surface area contributed by atoms with Gasteiger partial charge in [0.2, 0.25) is 0 Å². The lowest BCUT2D eigenvalue weighted by molar-refractivity contribution is 0.484. The molecule has 20 heavy (non-hydrogen) atoms. The van der Waals surface area contributed by atoms with Crippen molar-refractivity contribution < 1.29 is 4.42 Å². The van der Waals surface area contributed by atoms with Crippen molar-refractivity contribution in [2.75, 3.05) is 5.75 Å². The zero-order chi connectivity index (χ0) is 14.2. The standard InChI is InChI=1S/C15H22N2O2S/c18-15-17(14-13(19-15)9-8-10-16-14)11-6-4-2-1-3-5-7-12-20/h8-10,20H,1-7,11-12H2. The minimum absolute atomic E-state index is 0.299. The van der Waals surface area contributed by atoms with E-state index >= 15 is 0 Å². The Morgan fingerprint density at radius 3 is 2.55 bits per heavy atom. The summed E-state index contributed by atoms with van der Waals surface area (Å²) in [7, 11) is 0. The molecule has 0 unspecified atom stereocenters. The van der Waals surface area contributed by atoms with Crippen molar-refractivity contribution in [2.45, 2.75) is 51.5 Å². The number of hydrogen-bond acceptors (Lipinski definition) is 4. The van der Waals surface area contributed by atoms with Crippen molar-refractivity contribution in [1.29, 1.82) is 0 Å². The van der Waals surface area contributed by atoms with Crippen LogP contribution in [0, 0.1) is 0 Å². The van der Waals surface area contributed by atoms with E-state index in [1.807, 2.05) is 0 Å². The van der Waals surface area contributed by atoms with Gasteiger partial charge in [0.1, 0.15) is 0 Å². The van der Waals surface area contributed by atoms with Crippen LogP contribution in [0.4, 0.5) is 0 Å². The summed E-state index contributed by atoms with van der Waals surface area (Å²) in [6.07, 6.45) is 10.1. The third-order valence-electron chi connectivity index (χ3n) is 3.46. The molecule has 0 saturated carbocycles. The second-order valence-electron chi connectivity index (χ2n) is 5.04. The number of unbranched alkanes of at least 4 members (excludes halogenated alkanes) is 6. The summed E-state index contributed by atoms with van der Waals surface area (Å²) < 4.78 is 6.79. The topological polar surface area (TPSA) is 48.0 Å². The van der Waals surface area contributed by atoms with Crippen LogP contribution in [-0.4, -0.2) is 15.3 Å². The van der Waals surface area contributed by atoms with Gasteiger partial charge in [-0.15, -0.1) is 0 Å². The zero-order valence-corrected chi connectivity index (χ0v) is 12.6. The lowest BCUT2D eigenvalue weighted by atomic mass is 10.1. The molecule has 0 aliphatic rings. The summed E-state index contributed by atoms with van der Waals surface area (Å²) in [5.74, 6) is 0.691. The lowest BCUT2D eigenvalue weighted by Crippen LogP contribution is -2.14. The zero-order valence-electron chi connectivity index (χ0n) is 11.8. The Kier molecular flexibility index (Phi) is 6.18. The molecule has 0 spiro atoms. The van der Waals surface area contributed by atoms with Crippen LogP contribution in [-0.2, 0) is 6.54 Å². The summed E-state index contributed by atoms with van der Waals surface area (Å²) in [5.41, 5.74) is 1.23. The number of fused-ring (bicyclic) bond motifs is 1. The van der Waals surface area contributed by atoms with E-state index in [0.717, 1.165) is 18.6 Å². The Labute approximate surface area is 124 Å². The molecule has 0 bridgehead atoms. The number of rotatable bonds is 9. The van der Waals surface area contributed by atoms with Gasteiger partial charge in [0.25, 0.3) is 0 Å². The van der Waals surface area contributed by atoms with Crippen molar-refractivity contribution in [2.24, 2.45) is 0 Å². The Bertz CT molecular complexity index is 577. The number of hydrogen-bond donors (Lipinski definition) is 1. The molecule has 0 atom stereocenters. The number of oxazole rings is 1. The smallest absolute Gasteiger partial charge is 0.406 e. The molecule has 0 aliphatic carbocycles. The van der Waals surface area contributed by atoms with Gasteiger partial charge in [0.05, 0.1) is 0 Å². The average molecular weight is 294 g/mol. The Morgan fingerprint density at radius 1 is 1.10 bits per heavy atom. The maximum atomic E-state index is 11.7. The van der Waals surface area contributed by atoms with E-state index in [4.69, 9.17) is 4.42 Å². The number of aromatic nitrogens is 2. The Morgan fingerprint density at radius 2 is 1.80 bits per heavy atom. The molecule has 4 nitrogen and oxygen atoms in total. The predicted molar refractivity (Wildman–Crippen MR) is 84.4 cm³/mol. The van der Waals surface area contributed by atoms with Crippen molar-refractivity contribution >= 4 is 23.9 Å². The van der Waals surface area contributed by atoms with E-state index in [-0.39, 0.29) is 5.76 Å². The lowest BCUT2D eigenvalue weighted by Gasteiger charge is -2.02. The summed E-state index contributed by atoms with van der Waals surface area (Å²) in [4.78, 5) is 15.9. The third-order valence-corrected chi connectivity index (χ3v) is 3.78. The minimum atomic E-state index is -0.299. The van der Waals surface area contributed by atoms with E-state index in [1.54, 1.807) is 22.9 Å². The molecule has 0 amide bonds. The van der Waals surface area contributed by atoms with Crippen LogP contribution in [0.5, 0.6) is 0 Å². The highest BCUT2D eigenvalue weighted by atomic mass is 32.1. The number of aryl methyl sites for hydroxylation is 1. The first-order chi connectivity index (χ1) is 9.83. The van der Waals surface area contributed by atoms with Crippen molar-refractivity contribution in [1.82, 2.24) is 9.55 Å². The van der Waals surface area contributed by atoms with Gasteiger partial charge in [-0.3, -0.25) is 4.57 Å². The van der Waals surface area contributed by atoms with Gasteiger partial charge in [-0.1, -0.05) is 32.1 Å². The van der Waals surface area contributed by atoms with Crippen LogP contribution < -0.4 is 5.76 Å². The van der Waals surface area contributed by atoms with Crippen LogP contribution in [0.15, 0.2) is 27.5 Å². The fourth-order valence-electron chi connectivity index (χ4n) is 2.36. The maximum absolute atomic E-state index is 11.7. The Balaban J connectivity index is 1.73. The third kappa shape index (κ3) is 4.13. The van der Waals surface area contributed by atoms with Crippen LogP contribution in [0.1, 0.15) is 44.9 Å². The van der Waals surface area contributed by atoms with Gasteiger partial charge in [0.15, 0.2) is 11.2 Å². The van der Waals surface area contributed by atoms with E-state index in [1.165, 1.54) is 32.1 Å². The highest BCUT2D eigenvalue weighted by Crippen LogP contribution is 2.11. The molecule has 0 aromatic carbocycles. The molecule has 2 aromatic rings. The molecular weight excluding hydrogens is 272 g/mol. The second kappa shape index (κ2) is 8.15. The largest absolute Gasteiger partial charge is 0.421 e. The summed E-state index contributed by atoms with van der Waals surface area (Å²) in [6.45, 7) is 0.694. The van der Waals surface area contributed by atoms with Crippen LogP contribution in [0.3, 0.4) is 0 Å². The predicted octanol–water partition coefficient (Wildman–Crippen LogP) is 3.65. The number of nitrogens with zero attached hydrogens (tertiary/aromatic N) is 2. The van der Waals surface area contributed by atoms with Crippen molar-refractivity contribution in [3.63, 3.8) is 0 Å². The average Bonchev–Trinajstić information content (AvgIpc) is 2.78. The quantitative estimate of drug-likeness (QED) is 0.567. The molecule has 0 radical (unpaired) electrons. The highest BCUT2D eigenvalue weighted by Gasteiger charge is 2.08. The molecule has 110 valence electrons. The normalized spacial score (nSPS) is 11.2. The van der Waals surface area contributed by atoms with Gasteiger partial charge >= 0.3 is 5.76 Å². The Hall–Kier alpha value is -1.23. The molecule has 2 aromatic heterocycles. The summed E-state index contributed by atoms with van der Waals surface area (Å²) in [5, 5.41) is 0.